The van der Waals surface area contributed by atoms with E-state index in [1.165, 1.54) is 0 Å². The summed E-state index contributed by atoms with van der Waals surface area (Å²) in [5, 5.41) is 3.33. The predicted molar refractivity (Wildman–Crippen MR) is 134 cm³/mol. The maximum Gasteiger partial charge on any atom is 0.256 e. The molecule has 0 aliphatic carbocycles. The van der Waals surface area contributed by atoms with E-state index in [0.717, 1.165) is 35.3 Å². The average molecular weight is 488 g/mol. The Morgan fingerprint density at radius 2 is 1.77 bits per heavy atom. The third-order valence-electron chi connectivity index (χ3n) is 5.59. The van der Waals surface area contributed by atoms with Gasteiger partial charge in [-0.2, -0.15) is 0 Å². The third kappa shape index (κ3) is 5.20. The zero-order chi connectivity index (χ0) is 24.2. The highest BCUT2D eigenvalue weighted by Gasteiger charge is 2.15. The molecule has 1 aliphatic heterocycles. The van der Waals surface area contributed by atoms with E-state index < -0.39 is 0 Å². The van der Waals surface area contributed by atoms with Crippen molar-refractivity contribution in [3.05, 3.63) is 89.2 Å². The van der Waals surface area contributed by atoms with Crippen LogP contribution >= 0.6 is 11.6 Å². The second-order valence-electron chi connectivity index (χ2n) is 7.94. The molecule has 0 spiro atoms. The molecule has 0 atom stereocenters. The monoisotopic (exact) mass is 487 g/mol. The first-order chi connectivity index (χ1) is 17.1. The number of carbonyl (C=O) groups excluding carboxylic acids is 1. The molecule has 1 amide bonds. The highest BCUT2D eigenvalue weighted by Crippen LogP contribution is 2.37. The van der Waals surface area contributed by atoms with Crippen molar-refractivity contribution in [2.45, 2.75) is 12.8 Å². The Bertz CT molecular complexity index is 1340. The van der Waals surface area contributed by atoms with Gasteiger partial charge in [0, 0.05) is 41.2 Å². The van der Waals surface area contributed by atoms with Crippen LogP contribution in [0.15, 0.2) is 73.1 Å². The Hall–Kier alpha value is -4.10. The number of benzene rings is 2. The number of anilines is 1. The molecule has 2 aromatic carbocycles. The van der Waals surface area contributed by atoms with Crippen LogP contribution in [0.25, 0.3) is 11.1 Å². The number of halogens is 1. The van der Waals surface area contributed by atoms with Crippen LogP contribution in [0, 0.1) is 0 Å². The normalized spacial score (nSPS) is 12.3. The number of ether oxygens (including phenoxy) is 3. The van der Waals surface area contributed by atoms with Crippen LogP contribution in [0.2, 0.25) is 5.02 Å². The van der Waals surface area contributed by atoms with Gasteiger partial charge < -0.3 is 19.5 Å². The summed E-state index contributed by atoms with van der Waals surface area (Å²) in [6, 6.07) is 17.8. The summed E-state index contributed by atoms with van der Waals surface area (Å²) < 4.78 is 16.7. The molecule has 0 radical (unpaired) electrons. The second-order valence-corrected chi connectivity index (χ2v) is 8.35. The van der Waals surface area contributed by atoms with Gasteiger partial charge in [-0.1, -0.05) is 11.6 Å². The minimum absolute atomic E-state index is 0.275. The lowest BCUT2D eigenvalue weighted by Crippen LogP contribution is -2.12. The lowest BCUT2D eigenvalue weighted by molar-refractivity contribution is 0.102. The molecule has 8 heteroatoms. The maximum absolute atomic E-state index is 12.7. The van der Waals surface area contributed by atoms with Crippen LogP contribution in [-0.2, 0) is 6.42 Å². The van der Waals surface area contributed by atoms with Gasteiger partial charge in [-0.15, -0.1) is 0 Å². The Morgan fingerprint density at radius 3 is 2.46 bits per heavy atom. The lowest BCUT2D eigenvalue weighted by Gasteiger charge is -2.19. The molecule has 5 rings (SSSR count). The van der Waals surface area contributed by atoms with Gasteiger partial charge in [0.15, 0.2) is 0 Å². The Balaban J connectivity index is 1.23. The fraction of sp³-hybridized carbons (Fsp3) is 0.148. The van der Waals surface area contributed by atoms with E-state index in [-0.39, 0.29) is 5.91 Å². The first kappa shape index (κ1) is 22.7. The standard InChI is InChI=1S/C27H22ClN3O4/c1-33-26-11-7-20(16-30-26)19-6-10-25(29-15-19)31-27(32)17-4-8-21(9-5-17)35-24-14-23-18(13-22(24)28)3-2-12-34-23/h4-11,13-16H,2-3,12H2,1H3,(H,29,31,32). The summed E-state index contributed by atoms with van der Waals surface area (Å²) in [6.45, 7) is 0.689. The minimum Gasteiger partial charge on any atom is -0.493 e. The summed E-state index contributed by atoms with van der Waals surface area (Å²) in [4.78, 5) is 21.2. The molecule has 0 unspecified atom stereocenters. The molecular formula is C27H22ClN3O4. The molecule has 0 saturated heterocycles. The van der Waals surface area contributed by atoms with Gasteiger partial charge >= 0.3 is 0 Å². The van der Waals surface area contributed by atoms with Crippen molar-refractivity contribution in [3.8, 4) is 34.3 Å². The first-order valence-electron chi connectivity index (χ1n) is 11.1. The SMILES string of the molecule is COc1ccc(-c2ccc(NC(=O)c3ccc(Oc4cc5c(cc4Cl)CCCO5)cc3)nc2)cn1. The van der Waals surface area contributed by atoms with E-state index in [2.05, 4.69) is 15.3 Å². The number of nitrogens with one attached hydrogen (secondary N) is 1. The molecule has 0 fully saturated rings. The van der Waals surface area contributed by atoms with Crippen LogP contribution in [0.1, 0.15) is 22.3 Å². The number of hydrogen-bond acceptors (Lipinski definition) is 6. The van der Waals surface area contributed by atoms with E-state index in [1.54, 1.807) is 55.9 Å². The number of rotatable bonds is 6. The van der Waals surface area contributed by atoms with E-state index in [1.807, 2.05) is 24.3 Å². The summed E-state index contributed by atoms with van der Waals surface area (Å²) in [5.74, 6) is 2.59. The Labute approximate surface area is 207 Å². The fourth-order valence-corrected chi connectivity index (χ4v) is 3.95. The fourth-order valence-electron chi connectivity index (χ4n) is 3.73. The molecule has 1 N–H and O–H groups in total. The van der Waals surface area contributed by atoms with Gasteiger partial charge in [0.05, 0.1) is 18.7 Å². The van der Waals surface area contributed by atoms with Crippen molar-refractivity contribution in [2.24, 2.45) is 0 Å². The third-order valence-corrected chi connectivity index (χ3v) is 5.89. The number of nitrogens with zero attached hydrogens (tertiary/aromatic N) is 2. The van der Waals surface area contributed by atoms with Gasteiger partial charge in [-0.3, -0.25) is 4.79 Å². The van der Waals surface area contributed by atoms with Gasteiger partial charge in [-0.25, -0.2) is 9.97 Å². The van der Waals surface area contributed by atoms with Gasteiger partial charge in [-0.05, 0) is 66.9 Å². The van der Waals surface area contributed by atoms with E-state index >= 15 is 0 Å². The number of hydrogen-bond donors (Lipinski definition) is 1. The van der Waals surface area contributed by atoms with E-state index in [9.17, 15) is 4.79 Å². The van der Waals surface area contributed by atoms with Crippen molar-refractivity contribution in [3.63, 3.8) is 0 Å². The second kappa shape index (κ2) is 10.0. The molecular weight excluding hydrogens is 466 g/mol. The highest BCUT2D eigenvalue weighted by molar-refractivity contribution is 6.32. The number of fused-ring (bicyclic) bond motifs is 1. The van der Waals surface area contributed by atoms with E-state index in [4.69, 9.17) is 25.8 Å². The highest BCUT2D eigenvalue weighted by atomic mass is 35.5. The van der Waals surface area contributed by atoms with Crippen molar-refractivity contribution in [2.75, 3.05) is 19.0 Å². The molecule has 176 valence electrons. The van der Waals surface area contributed by atoms with Crippen LogP contribution in [0.4, 0.5) is 5.82 Å². The number of pyridine rings is 2. The predicted octanol–water partition coefficient (Wildman–Crippen LogP) is 6.18. The lowest BCUT2D eigenvalue weighted by atomic mass is 10.1. The molecule has 0 saturated carbocycles. The van der Waals surface area contributed by atoms with Gasteiger partial charge in [0.2, 0.25) is 5.88 Å². The number of methoxy groups -OCH3 is 1. The molecule has 3 heterocycles. The molecule has 2 aromatic heterocycles. The topological polar surface area (TPSA) is 82.6 Å². The molecule has 4 aromatic rings. The van der Waals surface area contributed by atoms with Crippen molar-refractivity contribution in [1.82, 2.24) is 9.97 Å². The number of amides is 1. The summed E-state index contributed by atoms with van der Waals surface area (Å²) >= 11 is 6.39. The molecule has 35 heavy (non-hydrogen) atoms. The van der Waals surface area contributed by atoms with Crippen molar-refractivity contribution < 1.29 is 19.0 Å². The van der Waals surface area contributed by atoms with Crippen LogP contribution in [0.3, 0.4) is 0 Å². The maximum atomic E-state index is 12.7. The van der Waals surface area contributed by atoms with Crippen LogP contribution in [0.5, 0.6) is 23.1 Å². The zero-order valence-corrected chi connectivity index (χ0v) is 19.7. The zero-order valence-electron chi connectivity index (χ0n) is 19.0. The smallest absolute Gasteiger partial charge is 0.256 e. The quantitative estimate of drug-likeness (QED) is 0.350. The number of aromatic nitrogens is 2. The molecule has 0 bridgehead atoms. The van der Waals surface area contributed by atoms with E-state index in [0.29, 0.717) is 40.4 Å². The summed E-state index contributed by atoms with van der Waals surface area (Å²) in [6.07, 6.45) is 5.31. The number of carbonyl (C=O) groups is 1. The van der Waals surface area contributed by atoms with Gasteiger partial charge in [0.1, 0.15) is 23.1 Å². The Kier molecular flexibility index (Phi) is 6.50. The first-order valence-corrected chi connectivity index (χ1v) is 11.5. The van der Waals surface area contributed by atoms with Crippen LogP contribution < -0.4 is 19.5 Å². The van der Waals surface area contributed by atoms with Crippen LogP contribution in [-0.4, -0.2) is 29.6 Å². The summed E-state index contributed by atoms with van der Waals surface area (Å²) in [5.41, 5.74) is 3.34. The minimum atomic E-state index is -0.275. The van der Waals surface area contributed by atoms with Crippen molar-refractivity contribution in [1.29, 1.82) is 0 Å². The van der Waals surface area contributed by atoms with Crippen molar-refractivity contribution >= 4 is 23.3 Å². The Morgan fingerprint density at radius 1 is 1.00 bits per heavy atom. The summed E-state index contributed by atoms with van der Waals surface area (Å²) in [7, 11) is 1.57. The molecule has 1 aliphatic rings. The number of aryl methyl sites for hydroxylation is 1. The average Bonchev–Trinajstić information content (AvgIpc) is 2.90. The van der Waals surface area contributed by atoms with Gasteiger partial charge in [0.25, 0.3) is 5.91 Å². The molecule has 7 nitrogen and oxygen atoms in total. The largest absolute Gasteiger partial charge is 0.493 e.